The summed E-state index contributed by atoms with van der Waals surface area (Å²) in [4.78, 5) is 19.1. The molecule has 1 aromatic heterocycles. The molecule has 4 N–H and O–H groups in total. The van der Waals surface area contributed by atoms with Gasteiger partial charge >= 0.3 is 0 Å². The van der Waals surface area contributed by atoms with Gasteiger partial charge in [-0.15, -0.1) is 0 Å². The molecular formula is C23H25N3O3+2. The number of phenolic OH excluding ortho intramolecular Hbond substituents is 1. The molecule has 5 rings (SSSR count). The summed E-state index contributed by atoms with van der Waals surface area (Å²) in [6, 6.07) is 11.2. The molecule has 0 aliphatic carbocycles. The summed E-state index contributed by atoms with van der Waals surface area (Å²) in [5.74, 6) is 0.877. The van der Waals surface area contributed by atoms with Gasteiger partial charge in [0, 0.05) is 22.7 Å². The lowest BCUT2D eigenvalue weighted by Gasteiger charge is -2.27. The maximum absolute atomic E-state index is 13.0. The van der Waals surface area contributed by atoms with E-state index < -0.39 is 0 Å². The molecule has 0 radical (unpaired) electrons. The SMILES string of the molecule is C[NH+]1CC[NH+](Cc2c(O)ccc3c2O/C(=C/c2c[nH]c4ccccc24)C3=O)CC1. The standard InChI is InChI=1S/C23H23N3O3/c1-25-8-10-26(11-9-25)14-18-20(27)7-6-17-22(28)21(29-23(17)18)12-15-13-24-19-5-3-2-4-16(15)19/h2-7,12-13,24,27H,8-11,14H2,1H3/p+2/b21-12+. The molecule has 0 amide bonds. The molecule has 0 bridgehead atoms. The van der Waals surface area contributed by atoms with Gasteiger partial charge in [-0.2, -0.15) is 0 Å². The van der Waals surface area contributed by atoms with Crippen LogP contribution in [0.5, 0.6) is 11.5 Å². The van der Waals surface area contributed by atoms with E-state index in [1.165, 1.54) is 9.80 Å². The number of nitrogens with one attached hydrogen (secondary N) is 3. The first-order valence-electron chi connectivity index (χ1n) is 10.1. The van der Waals surface area contributed by atoms with Crippen molar-refractivity contribution in [2.75, 3.05) is 33.2 Å². The van der Waals surface area contributed by atoms with Crippen molar-refractivity contribution >= 4 is 22.8 Å². The van der Waals surface area contributed by atoms with E-state index in [0.29, 0.717) is 23.6 Å². The Balaban J connectivity index is 1.47. The molecule has 0 saturated carbocycles. The number of fused-ring (bicyclic) bond motifs is 2. The number of ketones is 1. The second kappa shape index (κ2) is 7.06. The van der Waals surface area contributed by atoms with Crippen molar-refractivity contribution in [1.82, 2.24) is 4.98 Å². The van der Waals surface area contributed by atoms with Crippen molar-refractivity contribution in [2.45, 2.75) is 6.54 Å². The largest absolute Gasteiger partial charge is 0.507 e. The molecule has 6 nitrogen and oxygen atoms in total. The van der Waals surface area contributed by atoms with Crippen LogP contribution in [0.4, 0.5) is 0 Å². The minimum Gasteiger partial charge on any atom is -0.507 e. The van der Waals surface area contributed by atoms with E-state index in [0.717, 1.165) is 48.2 Å². The summed E-state index contributed by atoms with van der Waals surface area (Å²) in [5.41, 5.74) is 3.19. The third-order valence-electron chi connectivity index (χ3n) is 6.06. The maximum atomic E-state index is 13.0. The highest BCUT2D eigenvalue weighted by atomic mass is 16.5. The molecule has 1 saturated heterocycles. The van der Waals surface area contributed by atoms with Crippen LogP contribution in [0.15, 0.2) is 48.4 Å². The number of benzene rings is 2. The number of aromatic nitrogens is 1. The van der Waals surface area contributed by atoms with Crippen molar-refractivity contribution in [3.8, 4) is 11.5 Å². The van der Waals surface area contributed by atoms with Crippen LogP contribution in [-0.2, 0) is 6.54 Å². The smallest absolute Gasteiger partial charge is 0.231 e. The van der Waals surface area contributed by atoms with Crippen LogP contribution < -0.4 is 14.5 Å². The Hall–Kier alpha value is -3.09. The molecule has 0 atom stereocenters. The van der Waals surface area contributed by atoms with Gasteiger partial charge in [0.2, 0.25) is 5.78 Å². The Kier molecular flexibility index (Phi) is 4.38. The Bertz CT molecular complexity index is 1120. The third-order valence-corrected chi connectivity index (χ3v) is 6.06. The highest BCUT2D eigenvalue weighted by molar-refractivity contribution is 6.15. The van der Waals surface area contributed by atoms with Gasteiger partial charge in [-0.3, -0.25) is 4.79 Å². The average molecular weight is 391 g/mol. The van der Waals surface area contributed by atoms with Gasteiger partial charge in [0.05, 0.1) is 18.2 Å². The quantitative estimate of drug-likeness (QED) is 0.489. The van der Waals surface area contributed by atoms with E-state index in [2.05, 4.69) is 12.0 Å². The Morgan fingerprint density at radius 3 is 2.76 bits per heavy atom. The summed E-state index contributed by atoms with van der Waals surface area (Å²) < 4.78 is 6.04. The summed E-state index contributed by atoms with van der Waals surface area (Å²) in [6.07, 6.45) is 3.67. The molecule has 6 heteroatoms. The molecule has 0 unspecified atom stereocenters. The summed E-state index contributed by atoms with van der Waals surface area (Å²) >= 11 is 0. The number of likely N-dealkylation sites (N-methyl/N-ethyl adjacent to an activating group) is 1. The van der Waals surface area contributed by atoms with Crippen molar-refractivity contribution in [3.05, 3.63) is 65.0 Å². The van der Waals surface area contributed by atoms with E-state index in [1.54, 1.807) is 18.2 Å². The number of rotatable bonds is 3. The fourth-order valence-corrected chi connectivity index (χ4v) is 4.28. The fraction of sp³-hybridized carbons (Fsp3) is 0.261. The van der Waals surface area contributed by atoms with Gasteiger partial charge < -0.3 is 24.6 Å². The zero-order valence-electron chi connectivity index (χ0n) is 16.4. The molecule has 3 aromatic rings. The van der Waals surface area contributed by atoms with Crippen LogP contribution in [-0.4, -0.2) is 49.1 Å². The van der Waals surface area contributed by atoms with Crippen LogP contribution >= 0.6 is 0 Å². The molecule has 2 aliphatic rings. The summed E-state index contributed by atoms with van der Waals surface area (Å²) in [5, 5.41) is 11.5. The Morgan fingerprint density at radius 2 is 1.93 bits per heavy atom. The highest BCUT2D eigenvalue weighted by Gasteiger charge is 2.33. The number of carbonyl (C=O) groups is 1. The van der Waals surface area contributed by atoms with Crippen molar-refractivity contribution in [1.29, 1.82) is 0 Å². The average Bonchev–Trinajstić information content (AvgIpc) is 3.28. The number of phenols is 1. The zero-order valence-corrected chi connectivity index (χ0v) is 16.4. The monoisotopic (exact) mass is 391 g/mol. The minimum absolute atomic E-state index is 0.135. The topological polar surface area (TPSA) is 71.2 Å². The van der Waals surface area contributed by atoms with Crippen molar-refractivity contribution in [3.63, 3.8) is 0 Å². The zero-order chi connectivity index (χ0) is 20.0. The lowest BCUT2D eigenvalue weighted by molar-refractivity contribution is -1.01. The minimum atomic E-state index is -0.135. The van der Waals surface area contributed by atoms with E-state index in [4.69, 9.17) is 4.74 Å². The molecule has 2 aliphatic heterocycles. The lowest BCUT2D eigenvalue weighted by Crippen LogP contribution is -3.26. The predicted octanol–water partition coefficient (Wildman–Crippen LogP) is 0.403. The number of Topliss-reactive ketones (excluding diaryl/α,β-unsaturated/α-hetero) is 1. The van der Waals surface area contributed by atoms with Crippen molar-refractivity contribution in [2.24, 2.45) is 0 Å². The highest BCUT2D eigenvalue weighted by Crippen LogP contribution is 2.39. The Labute approximate surface area is 169 Å². The van der Waals surface area contributed by atoms with Crippen LogP contribution in [0.25, 0.3) is 17.0 Å². The van der Waals surface area contributed by atoms with Gasteiger partial charge in [-0.05, 0) is 24.3 Å². The van der Waals surface area contributed by atoms with Crippen LogP contribution in [0, 0.1) is 0 Å². The van der Waals surface area contributed by atoms with Gasteiger partial charge in [-0.25, -0.2) is 0 Å². The number of hydrogen-bond donors (Lipinski definition) is 4. The third kappa shape index (κ3) is 3.20. The molecule has 3 heterocycles. The van der Waals surface area contributed by atoms with Crippen LogP contribution in [0.1, 0.15) is 21.5 Å². The molecule has 0 spiro atoms. The van der Waals surface area contributed by atoms with E-state index in [1.807, 2.05) is 30.5 Å². The molecule has 1 fully saturated rings. The second-order valence-corrected chi connectivity index (χ2v) is 8.05. The first kappa shape index (κ1) is 18.0. The fourth-order valence-electron chi connectivity index (χ4n) is 4.28. The number of piperazine rings is 1. The van der Waals surface area contributed by atoms with E-state index in [9.17, 15) is 9.90 Å². The van der Waals surface area contributed by atoms with Gasteiger partial charge in [0.1, 0.15) is 38.5 Å². The number of hydrogen-bond acceptors (Lipinski definition) is 3. The van der Waals surface area contributed by atoms with Crippen LogP contribution in [0.3, 0.4) is 0 Å². The van der Waals surface area contributed by atoms with Gasteiger partial charge in [0.15, 0.2) is 11.5 Å². The number of allylic oxidation sites excluding steroid dienone is 1. The normalized spacial score (nSPS) is 22.8. The maximum Gasteiger partial charge on any atom is 0.231 e. The van der Waals surface area contributed by atoms with Crippen LogP contribution in [0.2, 0.25) is 0 Å². The number of carbonyl (C=O) groups excluding carboxylic acids is 1. The van der Waals surface area contributed by atoms with E-state index in [-0.39, 0.29) is 11.5 Å². The number of aromatic hydroxyl groups is 1. The molecular weight excluding hydrogens is 366 g/mol. The molecule has 29 heavy (non-hydrogen) atoms. The summed E-state index contributed by atoms with van der Waals surface area (Å²) in [6.45, 7) is 4.96. The van der Waals surface area contributed by atoms with Gasteiger partial charge in [-0.1, -0.05) is 18.2 Å². The number of para-hydroxylation sites is 1. The molecule has 2 aromatic carbocycles. The van der Waals surface area contributed by atoms with Gasteiger partial charge in [0.25, 0.3) is 0 Å². The Morgan fingerprint density at radius 1 is 1.14 bits per heavy atom. The molecule has 148 valence electrons. The number of quaternary nitrogens is 2. The lowest BCUT2D eigenvalue weighted by atomic mass is 10.0. The number of aromatic amines is 1. The predicted molar refractivity (Wildman–Crippen MR) is 110 cm³/mol. The first-order chi connectivity index (χ1) is 14.1. The summed E-state index contributed by atoms with van der Waals surface area (Å²) in [7, 11) is 2.21. The first-order valence-corrected chi connectivity index (χ1v) is 10.1. The number of ether oxygens (including phenoxy) is 1. The van der Waals surface area contributed by atoms with Crippen molar-refractivity contribution < 1.29 is 24.4 Å². The van der Waals surface area contributed by atoms with E-state index >= 15 is 0 Å². The second-order valence-electron chi connectivity index (χ2n) is 8.05. The number of H-pyrrole nitrogens is 1.